The third-order valence-corrected chi connectivity index (χ3v) is 4.45. The van der Waals surface area contributed by atoms with Crippen molar-refractivity contribution in [2.75, 3.05) is 13.7 Å². The van der Waals surface area contributed by atoms with Crippen LogP contribution in [0.1, 0.15) is 38.2 Å². The van der Waals surface area contributed by atoms with Crippen LogP contribution in [-0.2, 0) is 0 Å². The van der Waals surface area contributed by atoms with E-state index >= 15 is 0 Å². The number of hydrogen-bond acceptors (Lipinski definition) is 2. The SMILES string of the molecule is CCC(Cl)CCCCOc1ccc(OC)c2ccc(C)cc12. The van der Waals surface area contributed by atoms with Crippen LogP contribution in [0.25, 0.3) is 10.8 Å². The molecule has 0 saturated heterocycles. The highest BCUT2D eigenvalue weighted by Gasteiger charge is 2.08. The summed E-state index contributed by atoms with van der Waals surface area (Å²) in [5.41, 5.74) is 1.22. The lowest BCUT2D eigenvalue weighted by Gasteiger charge is -2.13. The molecular formula is C19H25ClO2. The maximum Gasteiger partial charge on any atom is 0.127 e. The van der Waals surface area contributed by atoms with Gasteiger partial charge in [0.05, 0.1) is 13.7 Å². The van der Waals surface area contributed by atoms with Crippen LogP contribution in [0.3, 0.4) is 0 Å². The standard InChI is InChI=1S/C19H25ClO2/c1-4-15(20)7-5-6-12-22-19-11-10-18(21-3)16-9-8-14(2)13-17(16)19/h8-11,13,15H,4-7,12H2,1-3H3. The molecule has 0 heterocycles. The van der Waals surface area contributed by atoms with Gasteiger partial charge in [0, 0.05) is 16.1 Å². The molecule has 2 aromatic carbocycles. The predicted octanol–water partition coefficient (Wildman–Crippen LogP) is 5.72. The average molecular weight is 321 g/mol. The Labute approximate surface area is 138 Å². The number of benzene rings is 2. The molecule has 2 aromatic rings. The maximum absolute atomic E-state index is 6.14. The Hall–Kier alpha value is -1.41. The molecule has 0 fully saturated rings. The van der Waals surface area contributed by atoms with Crippen molar-refractivity contribution in [1.82, 2.24) is 0 Å². The van der Waals surface area contributed by atoms with Crippen molar-refractivity contribution in [3.63, 3.8) is 0 Å². The Morgan fingerprint density at radius 1 is 1.05 bits per heavy atom. The minimum atomic E-state index is 0.296. The summed E-state index contributed by atoms with van der Waals surface area (Å²) in [6.45, 7) is 4.94. The number of unbranched alkanes of at least 4 members (excludes halogenated alkanes) is 1. The van der Waals surface area contributed by atoms with Crippen LogP contribution in [0.4, 0.5) is 0 Å². The van der Waals surface area contributed by atoms with Crippen LogP contribution in [0.2, 0.25) is 0 Å². The molecular weight excluding hydrogens is 296 g/mol. The number of rotatable bonds is 8. The molecule has 0 saturated carbocycles. The van der Waals surface area contributed by atoms with Gasteiger partial charge < -0.3 is 9.47 Å². The summed E-state index contributed by atoms with van der Waals surface area (Å²) < 4.78 is 11.4. The van der Waals surface area contributed by atoms with Crippen molar-refractivity contribution < 1.29 is 9.47 Å². The topological polar surface area (TPSA) is 18.5 Å². The molecule has 1 unspecified atom stereocenters. The van der Waals surface area contributed by atoms with Gasteiger partial charge >= 0.3 is 0 Å². The lowest BCUT2D eigenvalue weighted by atomic mass is 10.1. The zero-order valence-electron chi connectivity index (χ0n) is 13.7. The quantitative estimate of drug-likeness (QED) is 0.457. The van der Waals surface area contributed by atoms with Crippen LogP contribution in [0, 0.1) is 6.92 Å². The molecule has 0 aliphatic rings. The molecule has 2 nitrogen and oxygen atoms in total. The second kappa shape index (κ2) is 8.28. The Bertz CT molecular complexity index is 610. The van der Waals surface area contributed by atoms with Crippen molar-refractivity contribution in [3.05, 3.63) is 35.9 Å². The monoisotopic (exact) mass is 320 g/mol. The van der Waals surface area contributed by atoms with Crippen molar-refractivity contribution in [1.29, 1.82) is 0 Å². The van der Waals surface area contributed by atoms with E-state index in [1.807, 2.05) is 12.1 Å². The molecule has 1 atom stereocenters. The molecule has 0 aromatic heterocycles. The number of methoxy groups -OCH3 is 1. The van der Waals surface area contributed by atoms with Crippen molar-refractivity contribution in [2.24, 2.45) is 0 Å². The number of fused-ring (bicyclic) bond motifs is 1. The van der Waals surface area contributed by atoms with Gasteiger partial charge in [0.25, 0.3) is 0 Å². The minimum absolute atomic E-state index is 0.296. The number of aryl methyl sites for hydroxylation is 1. The fourth-order valence-corrected chi connectivity index (χ4v) is 2.72. The van der Waals surface area contributed by atoms with E-state index < -0.39 is 0 Å². The summed E-state index contributed by atoms with van der Waals surface area (Å²) in [4.78, 5) is 0. The van der Waals surface area contributed by atoms with E-state index in [0.29, 0.717) is 5.38 Å². The number of hydrogen-bond donors (Lipinski definition) is 0. The fraction of sp³-hybridized carbons (Fsp3) is 0.474. The highest BCUT2D eigenvalue weighted by Crippen LogP contribution is 2.33. The first kappa shape index (κ1) is 17.0. The Kier molecular flexibility index (Phi) is 6.38. The van der Waals surface area contributed by atoms with Crippen molar-refractivity contribution in [2.45, 2.75) is 44.9 Å². The summed E-state index contributed by atoms with van der Waals surface area (Å²) >= 11 is 6.14. The van der Waals surface area contributed by atoms with Gasteiger partial charge in [-0.05, 0) is 50.8 Å². The molecule has 120 valence electrons. The third kappa shape index (κ3) is 4.30. The minimum Gasteiger partial charge on any atom is -0.496 e. The predicted molar refractivity (Wildman–Crippen MR) is 94.5 cm³/mol. The second-order valence-corrected chi connectivity index (χ2v) is 6.28. The number of ether oxygens (including phenoxy) is 2. The lowest BCUT2D eigenvalue weighted by molar-refractivity contribution is 0.308. The molecule has 0 amide bonds. The van der Waals surface area contributed by atoms with E-state index in [9.17, 15) is 0 Å². The first-order valence-corrected chi connectivity index (χ1v) is 8.43. The van der Waals surface area contributed by atoms with Gasteiger partial charge in [0.1, 0.15) is 11.5 Å². The average Bonchev–Trinajstić information content (AvgIpc) is 2.54. The van der Waals surface area contributed by atoms with Crippen LogP contribution >= 0.6 is 11.6 Å². The van der Waals surface area contributed by atoms with Crippen LogP contribution in [0.5, 0.6) is 11.5 Å². The summed E-state index contributed by atoms with van der Waals surface area (Å²) in [7, 11) is 1.70. The molecule has 22 heavy (non-hydrogen) atoms. The van der Waals surface area contributed by atoms with Gasteiger partial charge in [-0.15, -0.1) is 11.6 Å². The van der Waals surface area contributed by atoms with Gasteiger partial charge in [-0.1, -0.05) is 24.6 Å². The molecule has 3 heteroatoms. The first-order valence-electron chi connectivity index (χ1n) is 8.00. The maximum atomic E-state index is 6.14. The highest BCUT2D eigenvalue weighted by molar-refractivity contribution is 6.20. The molecule has 0 aliphatic carbocycles. The number of alkyl halides is 1. The van der Waals surface area contributed by atoms with Gasteiger partial charge in [-0.2, -0.15) is 0 Å². The highest BCUT2D eigenvalue weighted by atomic mass is 35.5. The smallest absolute Gasteiger partial charge is 0.127 e. The zero-order valence-corrected chi connectivity index (χ0v) is 14.5. The zero-order chi connectivity index (χ0) is 15.9. The summed E-state index contributed by atoms with van der Waals surface area (Å²) in [6.07, 6.45) is 4.23. The van der Waals surface area contributed by atoms with Gasteiger partial charge in [-0.25, -0.2) is 0 Å². The summed E-state index contributed by atoms with van der Waals surface area (Å²) in [6, 6.07) is 10.3. The Morgan fingerprint density at radius 3 is 2.55 bits per heavy atom. The van der Waals surface area contributed by atoms with E-state index in [4.69, 9.17) is 21.1 Å². The van der Waals surface area contributed by atoms with Gasteiger partial charge in [0.2, 0.25) is 0 Å². The number of halogens is 1. The normalized spacial score (nSPS) is 12.4. The molecule has 2 rings (SSSR count). The van der Waals surface area contributed by atoms with Crippen molar-refractivity contribution in [3.8, 4) is 11.5 Å². The molecule has 0 spiro atoms. The van der Waals surface area contributed by atoms with E-state index in [-0.39, 0.29) is 0 Å². The fourth-order valence-electron chi connectivity index (χ4n) is 2.57. The van der Waals surface area contributed by atoms with E-state index in [0.717, 1.165) is 54.6 Å². The third-order valence-electron chi connectivity index (χ3n) is 3.92. The van der Waals surface area contributed by atoms with E-state index in [1.54, 1.807) is 7.11 Å². The summed E-state index contributed by atoms with van der Waals surface area (Å²) in [5, 5.41) is 2.50. The van der Waals surface area contributed by atoms with Gasteiger partial charge in [-0.3, -0.25) is 0 Å². The second-order valence-electron chi connectivity index (χ2n) is 5.66. The van der Waals surface area contributed by atoms with Crippen LogP contribution in [-0.4, -0.2) is 19.1 Å². The first-order chi connectivity index (χ1) is 10.7. The largest absolute Gasteiger partial charge is 0.496 e. The lowest BCUT2D eigenvalue weighted by Crippen LogP contribution is -2.01. The van der Waals surface area contributed by atoms with E-state index in [2.05, 4.69) is 32.0 Å². The molecule has 0 radical (unpaired) electrons. The molecule has 0 aliphatic heterocycles. The van der Waals surface area contributed by atoms with E-state index in [1.165, 1.54) is 5.56 Å². The van der Waals surface area contributed by atoms with Crippen LogP contribution < -0.4 is 9.47 Å². The van der Waals surface area contributed by atoms with Crippen LogP contribution in [0.15, 0.2) is 30.3 Å². The molecule has 0 N–H and O–H groups in total. The molecule has 0 bridgehead atoms. The van der Waals surface area contributed by atoms with Crippen molar-refractivity contribution >= 4 is 22.4 Å². The Morgan fingerprint density at radius 2 is 1.82 bits per heavy atom. The van der Waals surface area contributed by atoms with Gasteiger partial charge in [0.15, 0.2) is 0 Å². The summed E-state index contributed by atoms with van der Waals surface area (Å²) in [5.74, 6) is 1.81. The Balaban J connectivity index is 2.03.